The molecule has 0 aliphatic rings. The van der Waals surface area contributed by atoms with Gasteiger partial charge in [-0.15, -0.1) is 11.8 Å². The van der Waals surface area contributed by atoms with Crippen LogP contribution in [0.15, 0.2) is 23.1 Å². The highest BCUT2D eigenvalue weighted by Gasteiger charge is 2.09. The molecular formula is C9H12N2O4S2. The number of anilines is 1. The van der Waals surface area contributed by atoms with E-state index < -0.39 is 14.8 Å². The number of thioether (sulfide) groups is 1. The number of nitro groups is 1. The summed E-state index contributed by atoms with van der Waals surface area (Å²) in [4.78, 5) is 10.7. The number of benzene rings is 1. The summed E-state index contributed by atoms with van der Waals surface area (Å²) >= 11 is 1.23. The molecule has 0 aliphatic heterocycles. The normalized spacial score (nSPS) is 11.4. The van der Waals surface area contributed by atoms with Crippen LogP contribution in [0.1, 0.15) is 0 Å². The highest BCUT2D eigenvalue weighted by Crippen LogP contribution is 2.26. The SMILES string of the molecule is CS(=O)(=O)CCSc1cc(N)cc([N+](=O)[O-])c1. The Hall–Kier alpha value is -1.28. The second-order valence-corrected chi connectivity index (χ2v) is 6.92. The van der Waals surface area contributed by atoms with Crippen molar-refractivity contribution in [3.8, 4) is 0 Å². The monoisotopic (exact) mass is 276 g/mol. The minimum absolute atomic E-state index is 0.0280. The Morgan fingerprint density at radius 2 is 2.06 bits per heavy atom. The van der Waals surface area contributed by atoms with Crippen molar-refractivity contribution in [3.63, 3.8) is 0 Å². The predicted octanol–water partition coefficient (Wildman–Crippen LogP) is 1.31. The second-order valence-electron chi connectivity index (χ2n) is 3.50. The molecule has 0 bridgehead atoms. The van der Waals surface area contributed by atoms with Crippen molar-refractivity contribution in [2.75, 3.05) is 23.5 Å². The van der Waals surface area contributed by atoms with E-state index in [-0.39, 0.29) is 11.4 Å². The van der Waals surface area contributed by atoms with Gasteiger partial charge in [0, 0.05) is 34.7 Å². The molecule has 1 aromatic carbocycles. The minimum atomic E-state index is -3.02. The molecular weight excluding hydrogens is 264 g/mol. The van der Waals surface area contributed by atoms with Crippen molar-refractivity contribution in [1.29, 1.82) is 0 Å². The average molecular weight is 276 g/mol. The summed E-state index contributed by atoms with van der Waals surface area (Å²) in [5, 5.41) is 10.6. The zero-order valence-electron chi connectivity index (χ0n) is 9.12. The Morgan fingerprint density at radius 3 is 2.59 bits per heavy atom. The van der Waals surface area contributed by atoms with Crippen molar-refractivity contribution in [3.05, 3.63) is 28.3 Å². The summed E-state index contributed by atoms with van der Waals surface area (Å²) in [6.45, 7) is 0. The van der Waals surface area contributed by atoms with Crippen LogP contribution in [0.5, 0.6) is 0 Å². The van der Waals surface area contributed by atoms with Gasteiger partial charge in [0.05, 0.1) is 10.7 Å². The Balaban J connectivity index is 2.75. The standard InChI is InChI=1S/C9H12N2O4S2/c1-17(14,15)3-2-16-9-5-7(10)4-8(6-9)11(12)13/h4-6H,2-3,10H2,1H3. The van der Waals surface area contributed by atoms with Crippen LogP contribution in [0.2, 0.25) is 0 Å². The van der Waals surface area contributed by atoms with Gasteiger partial charge in [-0.2, -0.15) is 0 Å². The third-order valence-corrected chi connectivity index (χ3v) is 4.03. The molecule has 1 rings (SSSR count). The van der Waals surface area contributed by atoms with E-state index in [0.29, 0.717) is 16.3 Å². The van der Waals surface area contributed by atoms with Crippen LogP contribution in [0.4, 0.5) is 11.4 Å². The van der Waals surface area contributed by atoms with E-state index in [1.807, 2.05) is 0 Å². The molecule has 94 valence electrons. The molecule has 6 nitrogen and oxygen atoms in total. The molecule has 1 aromatic rings. The van der Waals surface area contributed by atoms with Crippen LogP contribution in [-0.2, 0) is 9.84 Å². The summed E-state index contributed by atoms with van der Waals surface area (Å²) in [5.41, 5.74) is 5.72. The van der Waals surface area contributed by atoms with Gasteiger partial charge in [0.15, 0.2) is 0 Å². The van der Waals surface area contributed by atoms with Crippen molar-refractivity contribution in [2.24, 2.45) is 0 Å². The van der Waals surface area contributed by atoms with E-state index >= 15 is 0 Å². The van der Waals surface area contributed by atoms with Gasteiger partial charge in [-0.25, -0.2) is 8.42 Å². The molecule has 8 heteroatoms. The lowest BCUT2D eigenvalue weighted by Crippen LogP contribution is -2.05. The van der Waals surface area contributed by atoms with E-state index in [1.54, 1.807) is 6.07 Å². The van der Waals surface area contributed by atoms with Gasteiger partial charge in [0.1, 0.15) is 9.84 Å². The smallest absolute Gasteiger partial charge is 0.272 e. The van der Waals surface area contributed by atoms with Gasteiger partial charge in [-0.1, -0.05) is 0 Å². The van der Waals surface area contributed by atoms with Gasteiger partial charge < -0.3 is 5.73 Å². The molecule has 0 unspecified atom stereocenters. The highest BCUT2D eigenvalue weighted by molar-refractivity contribution is 8.00. The lowest BCUT2D eigenvalue weighted by molar-refractivity contribution is -0.385. The molecule has 0 saturated heterocycles. The van der Waals surface area contributed by atoms with Crippen LogP contribution in [-0.4, -0.2) is 31.1 Å². The fourth-order valence-electron chi connectivity index (χ4n) is 1.11. The quantitative estimate of drug-likeness (QED) is 0.376. The Bertz CT molecular complexity index is 528. The minimum Gasteiger partial charge on any atom is -0.398 e. The van der Waals surface area contributed by atoms with Crippen molar-refractivity contribution >= 4 is 33.0 Å². The van der Waals surface area contributed by atoms with E-state index in [1.165, 1.54) is 23.9 Å². The van der Waals surface area contributed by atoms with Crippen LogP contribution < -0.4 is 5.73 Å². The fraction of sp³-hybridized carbons (Fsp3) is 0.333. The summed E-state index contributed by atoms with van der Waals surface area (Å²) in [7, 11) is -3.02. The molecule has 0 atom stereocenters. The molecule has 0 saturated carbocycles. The number of rotatable bonds is 5. The topological polar surface area (TPSA) is 103 Å². The number of nitrogen functional groups attached to an aromatic ring is 1. The van der Waals surface area contributed by atoms with Crippen LogP contribution in [0.25, 0.3) is 0 Å². The molecule has 0 aromatic heterocycles. The van der Waals surface area contributed by atoms with Crippen LogP contribution in [0, 0.1) is 10.1 Å². The van der Waals surface area contributed by atoms with Crippen molar-refractivity contribution in [1.82, 2.24) is 0 Å². The summed E-state index contributed by atoms with van der Waals surface area (Å²) in [5.74, 6) is 0.375. The Labute approximate surface area is 103 Å². The number of hydrogen-bond donors (Lipinski definition) is 1. The van der Waals surface area contributed by atoms with E-state index in [9.17, 15) is 18.5 Å². The summed E-state index contributed by atoms with van der Waals surface area (Å²) in [6, 6.07) is 4.23. The Morgan fingerprint density at radius 1 is 1.41 bits per heavy atom. The van der Waals surface area contributed by atoms with Gasteiger partial charge in [-0.05, 0) is 6.07 Å². The first-order valence-corrected chi connectivity index (χ1v) is 7.68. The first kappa shape index (κ1) is 13.8. The molecule has 0 amide bonds. The number of non-ortho nitro benzene ring substituents is 1. The first-order chi connectivity index (χ1) is 7.78. The molecule has 0 radical (unpaired) electrons. The summed E-state index contributed by atoms with van der Waals surface area (Å²) < 4.78 is 21.8. The number of nitrogens with zero attached hydrogens (tertiary/aromatic N) is 1. The van der Waals surface area contributed by atoms with E-state index in [0.717, 1.165) is 6.26 Å². The van der Waals surface area contributed by atoms with Gasteiger partial charge in [0.25, 0.3) is 5.69 Å². The maximum Gasteiger partial charge on any atom is 0.272 e. The lowest BCUT2D eigenvalue weighted by Gasteiger charge is -2.02. The van der Waals surface area contributed by atoms with Crippen molar-refractivity contribution in [2.45, 2.75) is 4.90 Å². The first-order valence-electron chi connectivity index (χ1n) is 4.63. The summed E-state index contributed by atoms with van der Waals surface area (Å²) in [6.07, 6.45) is 1.15. The van der Waals surface area contributed by atoms with E-state index in [2.05, 4.69) is 0 Å². The third-order valence-electron chi connectivity index (χ3n) is 1.85. The third kappa shape index (κ3) is 5.05. The predicted molar refractivity (Wildman–Crippen MR) is 67.9 cm³/mol. The Kier molecular flexibility index (Phi) is 4.35. The van der Waals surface area contributed by atoms with Crippen molar-refractivity contribution < 1.29 is 13.3 Å². The van der Waals surface area contributed by atoms with Crippen LogP contribution in [0.3, 0.4) is 0 Å². The zero-order chi connectivity index (χ0) is 13.1. The molecule has 0 heterocycles. The number of nitrogens with two attached hydrogens (primary N) is 1. The zero-order valence-corrected chi connectivity index (χ0v) is 10.8. The maximum absolute atomic E-state index is 10.9. The maximum atomic E-state index is 10.9. The number of sulfone groups is 1. The molecule has 0 fully saturated rings. The van der Waals surface area contributed by atoms with Gasteiger partial charge >= 0.3 is 0 Å². The largest absolute Gasteiger partial charge is 0.398 e. The van der Waals surface area contributed by atoms with Gasteiger partial charge in [-0.3, -0.25) is 10.1 Å². The lowest BCUT2D eigenvalue weighted by atomic mass is 10.3. The molecule has 0 aliphatic carbocycles. The number of hydrogen-bond acceptors (Lipinski definition) is 6. The molecule has 2 N–H and O–H groups in total. The van der Waals surface area contributed by atoms with E-state index in [4.69, 9.17) is 5.73 Å². The molecule has 0 spiro atoms. The second kappa shape index (κ2) is 5.37. The highest BCUT2D eigenvalue weighted by atomic mass is 32.2. The average Bonchev–Trinajstić information content (AvgIpc) is 2.14. The van der Waals surface area contributed by atoms with Gasteiger partial charge in [0.2, 0.25) is 0 Å². The number of nitro benzene ring substituents is 1. The van der Waals surface area contributed by atoms with Crippen LogP contribution >= 0.6 is 11.8 Å². The molecule has 17 heavy (non-hydrogen) atoms. The fourth-order valence-corrected chi connectivity index (χ4v) is 3.31.